The van der Waals surface area contributed by atoms with Gasteiger partial charge in [-0.3, -0.25) is 0 Å². The van der Waals surface area contributed by atoms with Crippen LogP contribution >= 0.6 is 11.3 Å². The van der Waals surface area contributed by atoms with Gasteiger partial charge in [-0.1, -0.05) is 140 Å². The van der Waals surface area contributed by atoms with Crippen LogP contribution in [-0.4, -0.2) is 15.0 Å². The van der Waals surface area contributed by atoms with E-state index in [2.05, 4.69) is 91.0 Å². The highest BCUT2D eigenvalue weighted by atomic mass is 32.1. The second-order valence-electron chi connectivity index (χ2n) is 11.3. The van der Waals surface area contributed by atoms with Crippen molar-refractivity contribution in [1.29, 1.82) is 0 Å². The molecule has 0 aliphatic rings. The van der Waals surface area contributed by atoms with E-state index in [0.717, 1.165) is 22.3 Å². The molecular weight excluding hydrogens is 567 g/mol. The minimum Gasteiger partial charge on any atom is -0.208 e. The van der Waals surface area contributed by atoms with Crippen LogP contribution in [0.25, 0.3) is 87.0 Å². The molecule has 0 aliphatic carbocycles. The monoisotopic (exact) mass is 591 g/mol. The minimum atomic E-state index is 0.658. The number of benzene rings is 7. The van der Waals surface area contributed by atoms with Crippen LogP contribution in [0.3, 0.4) is 0 Å². The molecule has 0 radical (unpaired) electrons. The van der Waals surface area contributed by atoms with Crippen molar-refractivity contribution in [2.45, 2.75) is 0 Å². The van der Waals surface area contributed by atoms with Gasteiger partial charge >= 0.3 is 0 Å². The molecule has 0 amide bonds. The van der Waals surface area contributed by atoms with Crippen LogP contribution in [0.15, 0.2) is 152 Å². The second-order valence-corrected chi connectivity index (χ2v) is 12.3. The average molecular weight is 592 g/mol. The lowest BCUT2D eigenvalue weighted by atomic mass is 9.95. The smallest absolute Gasteiger partial charge is 0.164 e. The molecule has 0 fully saturated rings. The Kier molecular flexibility index (Phi) is 6.00. The third kappa shape index (κ3) is 4.46. The highest BCUT2D eigenvalue weighted by molar-refractivity contribution is 7.26. The van der Waals surface area contributed by atoms with Crippen LogP contribution in [0.4, 0.5) is 0 Å². The van der Waals surface area contributed by atoms with Gasteiger partial charge in [-0.2, -0.15) is 0 Å². The predicted octanol–water partition coefficient (Wildman–Crippen LogP) is 11.2. The average Bonchev–Trinajstić information content (AvgIpc) is 3.51. The maximum absolute atomic E-state index is 4.90. The van der Waals surface area contributed by atoms with Gasteiger partial charge < -0.3 is 0 Å². The number of hydrogen-bond acceptors (Lipinski definition) is 4. The Labute approximate surface area is 264 Å². The minimum absolute atomic E-state index is 0.658. The molecular formula is C41H25N3S. The molecule has 0 bridgehead atoms. The SMILES string of the molecule is c1ccc(-c2nc(-c3ccccc3)nc(-c3ccc(-c4ccc5ccc6ccc7c8ccccc8sc7c6c5c4)cc3)n2)cc1. The number of aromatic nitrogens is 3. The van der Waals surface area contributed by atoms with Crippen LogP contribution in [0.2, 0.25) is 0 Å². The maximum atomic E-state index is 4.90. The third-order valence-electron chi connectivity index (χ3n) is 8.52. The van der Waals surface area contributed by atoms with Crippen LogP contribution in [0.5, 0.6) is 0 Å². The first-order valence-corrected chi connectivity index (χ1v) is 15.8. The Hall–Kier alpha value is -5.71. The standard InChI is InChI=1S/C41H25N3S/c1-3-9-29(10-4-1)39-42-40(30-11-5-2-6-12-30)44-41(43-39)31-20-15-26(16-21-31)32-22-18-27-17-19-28-23-24-34-33-13-7-8-14-36(33)45-38(34)37(28)35(27)25-32/h1-25H. The lowest BCUT2D eigenvalue weighted by Crippen LogP contribution is -2.00. The summed E-state index contributed by atoms with van der Waals surface area (Å²) in [6, 6.07) is 53.3. The van der Waals surface area contributed by atoms with E-state index in [1.807, 2.05) is 72.0 Å². The van der Waals surface area contributed by atoms with E-state index >= 15 is 0 Å². The zero-order chi connectivity index (χ0) is 29.7. The zero-order valence-corrected chi connectivity index (χ0v) is 25.0. The lowest BCUT2D eigenvalue weighted by molar-refractivity contribution is 1.07. The summed E-state index contributed by atoms with van der Waals surface area (Å²) in [6.07, 6.45) is 0. The molecule has 0 atom stereocenters. The molecule has 45 heavy (non-hydrogen) atoms. The van der Waals surface area contributed by atoms with Gasteiger partial charge in [0.15, 0.2) is 17.5 Å². The quantitative estimate of drug-likeness (QED) is 0.191. The number of fused-ring (bicyclic) bond motifs is 7. The molecule has 0 aliphatic heterocycles. The van der Waals surface area contributed by atoms with Crippen LogP contribution in [-0.2, 0) is 0 Å². The zero-order valence-electron chi connectivity index (χ0n) is 24.2. The van der Waals surface area contributed by atoms with Crippen molar-refractivity contribution in [2.75, 3.05) is 0 Å². The highest BCUT2D eigenvalue weighted by Gasteiger charge is 2.14. The molecule has 0 saturated heterocycles. The molecule has 0 spiro atoms. The van der Waals surface area contributed by atoms with E-state index in [9.17, 15) is 0 Å². The summed E-state index contributed by atoms with van der Waals surface area (Å²) in [6.45, 7) is 0. The topological polar surface area (TPSA) is 38.7 Å². The Morgan fingerprint density at radius 3 is 1.56 bits per heavy atom. The van der Waals surface area contributed by atoms with Gasteiger partial charge in [-0.15, -0.1) is 11.3 Å². The van der Waals surface area contributed by atoms with Crippen molar-refractivity contribution < 1.29 is 0 Å². The Balaban J connectivity index is 1.16. The van der Waals surface area contributed by atoms with Crippen molar-refractivity contribution in [3.05, 3.63) is 152 Å². The summed E-state index contributed by atoms with van der Waals surface area (Å²) in [5.74, 6) is 1.99. The molecule has 9 aromatic rings. The van der Waals surface area contributed by atoms with E-state index in [1.54, 1.807) is 0 Å². The van der Waals surface area contributed by atoms with E-state index in [1.165, 1.54) is 47.3 Å². The summed E-state index contributed by atoms with van der Waals surface area (Å²) in [5, 5.41) is 7.78. The first-order chi connectivity index (χ1) is 22.3. The van der Waals surface area contributed by atoms with Gasteiger partial charge in [-0.25, -0.2) is 15.0 Å². The Morgan fingerprint density at radius 1 is 0.356 bits per heavy atom. The van der Waals surface area contributed by atoms with E-state index in [-0.39, 0.29) is 0 Å². The van der Waals surface area contributed by atoms with E-state index in [4.69, 9.17) is 15.0 Å². The summed E-state index contributed by atoms with van der Waals surface area (Å²) in [4.78, 5) is 14.6. The molecule has 4 heteroatoms. The van der Waals surface area contributed by atoms with Crippen molar-refractivity contribution in [3.63, 3.8) is 0 Å². The number of thiophene rings is 1. The first-order valence-electron chi connectivity index (χ1n) is 15.0. The summed E-state index contributed by atoms with van der Waals surface area (Å²) >= 11 is 1.89. The van der Waals surface area contributed by atoms with Crippen LogP contribution in [0, 0.1) is 0 Å². The maximum Gasteiger partial charge on any atom is 0.164 e. The Bertz CT molecular complexity index is 2460. The summed E-state index contributed by atoms with van der Waals surface area (Å²) in [7, 11) is 0. The van der Waals surface area contributed by atoms with Gasteiger partial charge in [0.05, 0.1) is 0 Å². The van der Waals surface area contributed by atoms with E-state index in [0.29, 0.717) is 17.5 Å². The molecule has 0 saturated carbocycles. The van der Waals surface area contributed by atoms with Gasteiger partial charge in [0.25, 0.3) is 0 Å². The molecule has 210 valence electrons. The molecule has 7 aromatic carbocycles. The van der Waals surface area contributed by atoms with Crippen molar-refractivity contribution >= 4 is 53.1 Å². The largest absolute Gasteiger partial charge is 0.208 e. The van der Waals surface area contributed by atoms with Gasteiger partial charge in [0.1, 0.15) is 0 Å². The molecule has 0 N–H and O–H groups in total. The number of rotatable bonds is 4. The Morgan fingerprint density at radius 2 is 0.867 bits per heavy atom. The first kappa shape index (κ1) is 25.8. The molecule has 2 aromatic heterocycles. The van der Waals surface area contributed by atoms with Gasteiger partial charge in [-0.05, 0) is 39.4 Å². The van der Waals surface area contributed by atoms with E-state index < -0.39 is 0 Å². The fourth-order valence-corrected chi connectivity index (χ4v) is 7.52. The van der Waals surface area contributed by atoms with Gasteiger partial charge in [0, 0.05) is 42.2 Å². The number of hydrogen-bond donors (Lipinski definition) is 0. The lowest BCUT2D eigenvalue weighted by Gasteiger charge is -2.10. The molecule has 3 nitrogen and oxygen atoms in total. The predicted molar refractivity (Wildman–Crippen MR) is 189 cm³/mol. The summed E-state index contributed by atoms with van der Waals surface area (Å²) in [5.41, 5.74) is 5.22. The normalized spacial score (nSPS) is 11.6. The third-order valence-corrected chi connectivity index (χ3v) is 9.72. The molecule has 2 heterocycles. The fourth-order valence-electron chi connectivity index (χ4n) is 6.25. The van der Waals surface area contributed by atoms with Crippen molar-refractivity contribution in [3.8, 4) is 45.3 Å². The second kappa shape index (κ2) is 10.5. The number of nitrogens with zero attached hydrogens (tertiary/aromatic N) is 3. The summed E-state index contributed by atoms with van der Waals surface area (Å²) < 4.78 is 2.68. The fraction of sp³-hybridized carbons (Fsp3) is 0. The van der Waals surface area contributed by atoms with Crippen LogP contribution < -0.4 is 0 Å². The molecule has 9 rings (SSSR count). The van der Waals surface area contributed by atoms with Crippen LogP contribution in [0.1, 0.15) is 0 Å². The highest BCUT2D eigenvalue weighted by Crippen LogP contribution is 2.41. The van der Waals surface area contributed by atoms with Gasteiger partial charge in [0.2, 0.25) is 0 Å². The van der Waals surface area contributed by atoms with Crippen molar-refractivity contribution in [2.24, 2.45) is 0 Å². The van der Waals surface area contributed by atoms with Crippen molar-refractivity contribution in [1.82, 2.24) is 15.0 Å². The molecule has 0 unspecified atom stereocenters.